The summed E-state index contributed by atoms with van der Waals surface area (Å²) >= 11 is 6.36. The molecule has 3 aromatic rings. The molecule has 1 fully saturated rings. The number of hydrogen-bond acceptors (Lipinski definition) is 6. The molecule has 0 bridgehead atoms. The Hall–Kier alpha value is -2.13. The van der Waals surface area contributed by atoms with Crippen LogP contribution in [0.4, 0.5) is 0 Å². The smallest absolute Gasteiger partial charge is 0.229 e. The van der Waals surface area contributed by atoms with Crippen LogP contribution >= 0.6 is 11.6 Å². The summed E-state index contributed by atoms with van der Waals surface area (Å²) in [5.41, 5.74) is 1.86. The van der Waals surface area contributed by atoms with E-state index in [0.29, 0.717) is 0 Å². The molecule has 8 heteroatoms. The Bertz CT molecular complexity index is 974. The van der Waals surface area contributed by atoms with Gasteiger partial charge >= 0.3 is 0 Å². The lowest BCUT2D eigenvalue weighted by atomic mass is 9.99. The van der Waals surface area contributed by atoms with E-state index in [0.717, 1.165) is 16.6 Å². The number of benzene rings is 2. The zero-order chi connectivity index (χ0) is 19.8. The van der Waals surface area contributed by atoms with Gasteiger partial charge in [0.2, 0.25) is 6.29 Å². The molecule has 2 unspecified atom stereocenters. The molecule has 0 radical (unpaired) electrons. The van der Waals surface area contributed by atoms with Gasteiger partial charge in [0.25, 0.3) is 0 Å². The van der Waals surface area contributed by atoms with Crippen molar-refractivity contribution >= 4 is 22.5 Å². The van der Waals surface area contributed by atoms with Gasteiger partial charge < -0.3 is 34.5 Å². The van der Waals surface area contributed by atoms with Gasteiger partial charge in [0.1, 0.15) is 30.2 Å². The highest BCUT2D eigenvalue weighted by Crippen LogP contribution is 2.32. The van der Waals surface area contributed by atoms with Crippen molar-refractivity contribution in [3.63, 3.8) is 0 Å². The lowest BCUT2D eigenvalue weighted by Crippen LogP contribution is -2.60. The van der Waals surface area contributed by atoms with Crippen molar-refractivity contribution in [2.45, 2.75) is 30.7 Å². The first-order valence-electron chi connectivity index (χ1n) is 8.83. The van der Waals surface area contributed by atoms with E-state index in [4.69, 9.17) is 21.1 Å². The molecule has 5 atom stereocenters. The number of fused-ring (bicyclic) bond motifs is 1. The van der Waals surface area contributed by atoms with E-state index in [1.807, 2.05) is 41.1 Å². The molecule has 2 aromatic carbocycles. The number of aliphatic hydroxyl groups excluding tert-OH is 4. The van der Waals surface area contributed by atoms with Crippen molar-refractivity contribution in [1.29, 1.82) is 0 Å². The van der Waals surface area contributed by atoms with Gasteiger partial charge in [-0.05, 0) is 35.7 Å². The minimum Gasteiger partial charge on any atom is -0.460 e. The quantitative estimate of drug-likeness (QED) is 0.524. The van der Waals surface area contributed by atoms with Crippen LogP contribution in [-0.2, 0) is 4.74 Å². The van der Waals surface area contributed by atoms with Gasteiger partial charge in [-0.1, -0.05) is 29.8 Å². The molecule has 4 N–H and O–H groups in total. The van der Waals surface area contributed by atoms with E-state index in [2.05, 4.69) is 0 Å². The van der Waals surface area contributed by atoms with E-state index in [1.165, 1.54) is 0 Å². The number of nitrogens with zero attached hydrogens (tertiary/aromatic N) is 1. The van der Waals surface area contributed by atoms with E-state index < -0.39 is 37.3 Å². The number of hydrogen-bond donors (Lipinski definition) is 4. The van der Waals surface area contributed by atoms with Crippen molar-refractivity contribution in [2.24, 2.45) is 0 Å². The molecule has 0 amide bonds. The first kappa shape index (κ1) is 19.2. The molecule has 0 saturated carbocycles. The van der Waals surface area contributed by atoms with Crippen LogP contribution in [0.25, 0.3) is 16.6 Å². The lowest BCUT2D eigenvalue weighted by molar-refractivity contribution is -0.277. The Morgan fingerprint density at radius 2 is 1.79 bits per heavy atom. The Balaban J connectivity index is 1.58. The van der Waals surface area contributed by atoms with Crippen molar-refractivity contribution < 1.29 is 29.9 Å². The summed E-state index contributed by atoms with van der Waals surface area (Å²) in [6, 6.07) is 15.1. The molecule has 1 aliphatic rings. The third-order valence-electron chi connectivity index (χ3n) is 4.88. The predicted octanol–water partition coefficient (Wildman–Crippen LogP) is 1.46. The largest absolute Gasteiger partial charge is 0.460 e. The zero-order valence-corrected chi connectivity index (χ0v) is 15.5. The summed E-state index contributed by atoms with van der Waals surface area (Å²) in [5.74, 6) is 0.242. The fourth-order valence-electron chi connectivity index (χ4n) is 3.33. The molecule has 4 rings (SSSR count). The molecule has 148 valence electrons. The second-order valence-corrected chi connectivity index (χ2v) is 7.08. The SMILES string of the molecule is OCC1O[C@H](Oc2ccc(-n3ccc4ccccc43)cc2Cl)[C@H](O)C(O)[C@@H]1O. The maximum absolute atomic E-state index is 10.1. The third-order valence-corrected chi connectivity index (χ3v) is 5.18. The maximum Gasteiger partial charge on any atom is 0.229 e. The average Bonchev–Trinajstić information content (AvgIpc) is 3.14. The second-order valence-electron chi connectivity index (χ2n) is 6.67. The van der Waals surface area contributed by atoms with Crippen LogP contribution in [0.2, 0.25) is 5.02 Å². The summed E-state index contributed by atoms with van der Waals surface area (Å²) < 4.78 is 13.0. The van der Waals surface area contributed by atoms with Crippen LogP contribution in [-0.4, -0.2) is 62.3 Å². The standard InChI is InChI=1S/C20H20ClNO6/c21-13-9-12(22-8-7-11-3-1-2-4-14(11)22)5-6-15(13)27-20-19(26)18(25)17(24)16(10-23)28-20/h1-9,16-20,23-26H,10H2/t16?,17-,18?,19-,20+/m1/s1. The average molecular weight is 406 g/mol. The molecular formula is C20H20ClNO6. The van der Waals surface area contributed by atoms with Gasteiger partial charge in [-0.25, -0.2) is 0 Å². The van der Waals surface area contributed by atoms with Gasteiger partial charge in [0, 0.05) is 11.9 Å². The Labute approximate surface area is 165 Å². The van der Waals surface area contributed by atoms with Crippen molar-refractivity contribution in [1.82, 2.24) is 4.57 Å². The second kappa shape index (κ2) is 7.71. The van der Waals surface area contributed by atoms with E-state index in [9.17, 15) is 20.4 Å². The molecule has 1 aliphatic heterocycles. The van der Waals surface area contributed by atoms with Crippen LogP contribution in [0.15, 0.2) is 54.7 Å². The van der Waals surface area contributed by atoms with Gasteiger partial charge in [-0.2, -0.15) is 0 Å². The third kappa shape index (κ3) is 3.37. The summed E-state index contributed by atoms with van der Waals surface area (Å²) in [5, 5.41) is 40.5. The van der Waals surface area contributed by atoms with E-state index in [1.54, 1.807) is 18.2 Å². The van der Waals surface area contributed by atoms with E-state index in [-0.39, 0.29) is 10.8 Å². The molecule has 1 aromatic heterocycles. The lowest BCUT2D eigenvalue weighted by Gasteiger charge is -2.39. The van der Waals surface area contributed by atoms with Crippen LogP contribution < -0.4 is 4.74 Å². The van der Waals surface area contributed by atoms with Gasteiger partial charge in [0.15, 0.2) is 0 Å². The molecule has 28 heavy (non-hydrogen) atoms. The Morgan fingerprint density at radius 3 is 2.54 bits per heavy atom. The highest BCUT2D eigenvalue weighted by molar-refractivity contribution is 6.32. The Morgan fingerprint density at radius 1 is 1.00 bits per heavy atom. The molecule has 7 nitrogen and oxygen atoms in total. The molecular weight excluding hydrogens is 386 g/mol. The van der Waals surface area contributed by atoms with E-state index >= 15 is 0 Å². The minimum absolute atomic E-state index is 0.242. The maximum atomic E-state index is 10.1. The number of aromatic nitrogens is 1. The summed E-state index contributed by atoms with van der Waals surface area (Å²) in [6.07, 6.45) is -4.85. The first-order chi connectivity index (χ1) is 13.5. The fourth-order valence-corrected chi connectivity index (χ4v) is 3.55. The van der Waals surface area contributed by atoms with Crippen LogP contribution in [0.1, 0.15) is 0 Å². The van der Waals surface area contributed by atoms with Gasteiger partial charge in [-0.15, -0.1) is 0 Å². The molecule has 0 spiro atoms. The van der Waals surface area contributed by atoms with Crippen molar-refractivity contribution in [2.75, 3.05) is 6.61 Å². The fraction of sp³-hybridized carbons (Fsp3) is 0.300. The normalized spacial score (nSPS) is 27.8. The summed E-state index contributed by atoms with van der Waals surface area (Å²) in [4.78, 5) is 0. The van der Waals surface area contributed by atoms with Crippen LogP contribution in [0.3, 0.4) is 0 Å². The first-order valence-corrected chi connectivity index (χ1v) is 9.20. The Kier molecular flexibility index (Phi) is 5.29. The predicted molar refractivity (Wildman–Crippen MR) is 103 cm³/mol. The number of halogens is 1. The number of para-hydroxylation sites is 1. The number of aliphatic hydroxyl groups is 4. The zero-order valence-electron chi connectivity index (χ0n) is 14.7. The van der Waals surface area contributed by atoms with Gasteiger partial charge in [-0.3, -0.25) is 0 Å². The summed E-state index contributed by atoms with van der Waals surface area (Å²) in [7, 11) is 0. The number of rotatable bonds is 4. The highest BCUT2D eigenvalue weighted by atomic mass is 35.5. The highest BCUT2D eigenvalue weighted by Gasteiger charge is 2.44. The van der Waals surface area contributed by atoms with Crippen molar-refractivity contribution in [3.8, 4) is 11.4 Å². The topological polar surface area (TPSA) is 104 Å². The molecule has 0 aliphatic carbocycles. The van der Waals surface area contributed by atoms with Crippen LogP contribution in [0, 0.1) is 0 Å². The number of ether oxygens (including phenoxy) is 2. The molecule has 1 saturated heterocycles. The summed E-state index contributed by atoms with van der Waals surface area (Å²) in [6.45, 7) is -0.530. The van der Waals surface area contributed by atoms with Crippen LogP contribution in [0.5, 0.6) is 5.75 Å². The van der Waals surface area contributed by atoms with Gasteiger partial charge in [0.05, 0.1) is 17.1 Å². The van der Waals surface area contributed by atoms with Crippen molar-refractivity contribution in [3.05, 3.63) is 59.8 Å². The minimum atomic E-state index is -1.51. The monoisotopic (exact) mass is 405 g/mol. The molecule has 2 heterocycles.